The van der Waals surface area contributed by atoms with Gasteiger partial charge >= 0.3 is 0 Å². The molecule has 0 aliphatic rings. The first-order valence-electron chi connectivity index (χ1n) is 4.73. The van der Waals surface area contributed by atoms with Gasteiger partial charge in [0.05, 0.1) is 12.8 Å². The summed E-state index contributed by atoms with van der Waals surface area (Å²) >= 11 is 5.92. The number of benzene rings is 1. The molecule has 0 saturated heterocycles. The molecule has 0 saturated carbocycles. The second-order valence-corrected chi connectivity index (χ2v) is 3.72. The van der Waals surface area contributed by atoms with Gasteiger partial charge < -0.3 is 9.72 Å². The predicted molar refractivity (Wildman–Crippen MR) is 64.1 cm³/mol. The monoisotopic (exact) mass is 235 g/mol. The Kier molecular flexibility index (Phi) is 2.97. The fraction of sp³-hybridized carbons (Fsp3) is 0.0833. The Hall–Kier alpha value is -1.74. The molecule has 16 heavy (non-hydrogen) atoms. The summed E-state index contributed by atoms with van der Waals surface area (Å²) in [6.07, 6.45) is 1.60. The number of halogens is 1. The lowest BCUT2D eigenvalue weighted by Gasteiger charge is -2.08. The molecule has 4 heteroatoms. The number of hydrogen-bond donors (Lipinski definition) is 1. The van der Waals surface area contributed by atoms with Crippen LogP contribution in [0.25, 0.3) is 11.3 Å². The lowest BCUT2D eigenvalue weighted by molar-refractivity contribution is 0.416. The Labute approximate surface area is 97.7 Å². The molecular formula is C12H10ClNO2. The molecule has 0 spiro atoms. The van der Waals surface area contributed by atoms with Crippen molar-refractivity contribution in [2.45, 2.75) is 0 Å². The molecule has 0 aliphatic heterocycles. The van der Waals surface area contributed by atoms with Crippen LogP contribution in [0.2, 0.25) is 5.02 Å². The molecule has 0 unspecified atom stereocenters. The van der Waals surface area contributed by atoms with Crippen molar-refractivity contribution in [2.24, 2.45) is 0 Å². The van der Waals surface area contributed by atoms with Gasteiger partial charge in [0.2, 0.25) is 0 Å². The highest BCUT2D eigenvalue weighted by Crippen LogP contribution is 2.30. The van der Waals surface area contributed by atoms with E-state index in [0.29, 0.717) is 16.5 Å². The number of H-pyrrole nitrogens is 1. The van der Waals surface area contributed by atoms with Gasteiger partial charge in [-0.1, -0.05) is 11.6 Å². The molecule has 2 aromatic rings. The number of ether oxygens (including phenoxy) is 1. The molecule has 82 valence electrons. The number of nitrogens with one attached hydrogen (secondary N) is 1. The van der Waals surface area contributed by atoms with Crippen LogP contribution in [0, 0.1) is 0 Å². The maximum absolute atomic E-state index is 11.3. The number of methoxy groups -OCH3 is 1. The second kappa shape index (κ2) is 4.41. The normalized spacial score (nSPS) is 10.1. The van der Waals surface area contributed by atoms with Crippen LogP contribution in [0.5, 0.6) is 5.75 Å². The second-order valence-electron chi connectivity index (χ2n) is 3.28. The minimum atomic E-state index is -0.0595. The highest BCUT2D eigenvalue weighted by atomic mass is 35.5. The Morgan fingerprint density at radius 1 is 1.25 bits per heavy atom. The van der Waals surface area contributed by atoms with Crippen LogP contribution >= 0.6 is 11.6 Å². The Morgan fingerprint density at radius 2 is 2.06 bits per heavy atom. The average molecular weight is 236 g/mol. The fourth-order valence-corrected chi connectivity index (χ4v) is 1.66. The van der Waals surface area contributed by atoms with Gasteiger partial charge in [0, 0.05) is 28.9 Å². The van der Waals surface area contributed by atoms with E-state index in [1.807, 2.05) is 0 Å². The van der Waals surface area contributed by atoms with Crippen molar-refractivity contribution in [3.05, 3.63) is 51.8 Å². The third-order valence-electron chi connectivity index (χ3n) is 2.22. The highest BCUT2D eigenvalue weighted by molar-refractivity contribution is 6.30. The van der Waals surface area contributed by atoms with E-state index in [-0.39, 0.29) is 5.43 Å². The van der Waals surface area contributed by atoms with Crippen LogP contribution in [0.1, 0.15) is 0 Å². The van der Waals surface area contributed by atoms with Crippen molar-refractivity contribution in [1.82, 2.24) is 4.98 Å². The van der Waals surface area contributed by atoms with E-state index in [9.17, 15) is 4.79 Å². The van der Waals surface area contributed by atoms with Crippen LogP contribution in [0.4, 0.5) is 0 Å². The van der Waals surface area contributed by atoms with E-state index < -0.39 is 0 Å². The summed E-state index contributed by atoms with van der Waals surface area (Å²) in [5, 5.41) is 0.598. The number of aromatic nitrogens is 1. The van der Waals surface area contributed by atoms with Crippen molar-refractivity contribution in [2.75, 3.05) is 7.11 Å². The summed E-state index contributed by atoms with van der Waals surface area (Å²) < 4.78 is 5.21. The van der Waals surface area contributed by atoms with Crippen molar-refractivity contribution in [3.63, 3.8) is 0 Å². The zero-order valence-corrected chi connectivity index (χ0v) is 9.41. The number of hydrogen-bond acceptors (Lipinski definition) is 2. The molecule has 1 N–H and O–H groups in total. The van der Waals surface area contributed by atoms with Gasteiger partial charge in [-0.25, -0.2) is 0 Å². The van der Waals surface area contributed by atoms with Gasteiger partial charge in [-0.15, -0.1) is 0 Å². The Balaban J connectivity index is 2.62. The van der Waals surface area contributed by atoms with E-state index in [1.54, 1.807) is 31.5 Å². The quantitative estimate of drug-likeness (QED) is 0.870. The molecular weight excluding hydrogens is 226 g/mol. The van der Waals surface area contributed by atoms with Gasteiger partial charge in [0.15, 0.2) is 5.43 Å². The molecule has 1 heterocycles. The lowest BCUT2D eigenvalue weighted by atomic mass is 10.1. The maximum atomic E-state index is 11.3. The van der Waals surface area contributed by atoms with E-state index in [0.717, 1.165) is 5.56 Å². The van der Waals surface area contributed by atoms with E-state index >= 15 is 0 Å². The zero-order chi connectivity index (χ0) is 11.5. The summed E-state index contributed by atoms with van der Waals surface area (Å²) in [6, 6.07) is 8.23. The van der Waals surface area contributed by atoms with E-state index in [1.165, 1.54) is 12.1 Å². The minimum absolute atomic E-state index is 0.0595. The SMILES string of the molecule is COc1ccc(Cl)cc1-c1cc(=O)cc[nH]1. The molecule has 1 aromatic carbocycles. The molecule has 0 bridgehead atoms. The van der Waals surface area contributed by atoms with E-state index in [2.05, 4.69) is 4.98 Å². The molecule has 2 rings (SSSR count). The number of rotatable bonds is 2. The smallest absolute Gasteiger partial charge is 0.182 e. The Morgan fingerprint density at radius 3 is 2.75 bits per heavy atom. The van der Waals surface area contributed by atoms with Gasteiger partial charge in [-0.2, -0.15) is 0 Å². The van der Waals surface area contributed by atoms with Gasteiger partial charge in [0.25, 0.3) is 0 Å². The third kappa shape index (κ3) is 2.09. The molecule has 0 aliphatic carbocycles. The molecule has 0 radical (unpaired) electrons. The minimum Gasteiger partial charge on any atom is -0.496 e. The highest BCUT2D eigenvalue weighted by Gasteiger charge is 2.07. The van der Waals surface area contributed by atoms with Crippen LogP contribution in [-0.4, -0.2) is 12.1 Å². The van der Waals surface area contributed by atoms with Crippen molar-refractivity contribution >= 4 is 11.6 Å². The van der Waals surface area contributed by atoms with E-state index in [4.69, 9.17) is 16.3 Å². The van der Waals surface area contributed by atoms with Crippen LogP contribution in [-0.2, 0) is 0 Å². The summed E-state index contributed by atoms with van der Waals surface area (Å²) in [5.41, 5.74) is 1.40. The molecule has 0 amide bonds. The Bertz CT molecular complexity index is 563. The first-order chi connectivity index (χ1) is 7.70. The largest absolute Gasteiger partial charge is 0.496 e. The van der Waals surface area contributed by atoms with Crippen molar-refractivity contribution < 1.29 is 4.74 Å². The third-order valence-corrected chi connectivity index (χ3v) is 2.46. The zero-order valence-electron chi connectivity index (χ0n) is 8.66. The average Bonchev–Trinajstić information content (AvgIpc) is 2.29. The van der Waals surface area contributed by atoms with Crippen LogP contribution in [0.3, 0.4) is 0 Å². The summed E-state index contributed by atoms with van der Waals surface area (Å²) in [7, 11) is 1.58. The van der Waals surface area contributed by atoms with Gasteiger partial charge in [-0.05, 0) is 18.2 Å². The van der Waals surface area contributed by atoms with Crippen molar-refractivity contribution in [1.29, 1.82) is 0 Å². The molecule has 0 atom stereocenters. The lowest BCUT2D eigenvalue weighted by Crippen LogP contribution is -1.99. The first-order valence-corrected chi connectivity index (χ1v) is 5.11. The van der Waals surface area contributed by atoms with Crippen LogP contribution < -0.4 is 10.2 Å². The van der Waals surface area contributed by atoms with Crippen LogP contribution in [0.15, 0.2) is 41.3 Å². The topological polar surface area (TPSA) is 42.1 Å². The van der Waals surface area contributed by atoms with Crippen molar-refractivity contribution in [3.8, 4) is 17.0 Å². The first kappa shape index (κ1) is 10.8. The molecule has 3 nitrogen and oxygen atoms in total. The summed E-state index contributed by atoms with van der Waals surface area (Å²) in [5.74, 6) is 0.672. The standard InChI is InChI=1S/C12H10ClNO2/c1-16-12-3-2-8(13)6-10(12)11-7-9(15)4-5-14-11/h2-7H,1H3,(H,14,15). The van der Waals surface area contributed by atoms with Gasteiger partial charge in [-0.3, -0.25) is 4.79 Å². The number of aromatic amines is 1. The molecule has 0 fully saturated rings. The molecule has 1 aromatic heterocycles. The number of pyridine rings is 1. The maximum Gasteiger partial charge on any atom is 0.182 e. The van der Waals surface area contributed by atoms with Gasteiger partial charge in [0.1, 0.15) is 5.75 Å². The summed E-state index contributed by atoms with van der Waals surface area (Å²) in [4.78, 5) is 14.2. The fourth-order valence-electron chi connectivity index (χ4n) is 1.49. The predicted octanol–water partition coefficient (Wildman–Crippen LogP) is 2.70. The summed E-state index contributed by atoms with van der Waals surface area (Å²) in [6.45, 7) is 0.